The van der Waals surface area contributed by atoms with Crippen LogP contribution < -0.4 is 11.1 Å². The molecule has 1 fully saturated rings. The molecule has 0 radical (unpaired) electrons. The van der Waals surface area contributed by atoms with Crippen molar-refractivity contribution in [2.24, 2.45) is 4.99 Å². The molecule has 1 amide bonds. The highest BCUT2D eigenvalue weighted by Gasteiger charge is 2.72. The molecule has 3 rings (SSSR count). The van der Waals surface area contributed by atoms with Crippen molar-refractivity contribution in [3.05, 3.63) is 29.6 Å². The molecule has 2 aliphatic rings. The molecule has 154 valence electrons. The largest absolute Gasteiger partial charge is 0.452 e. The normalized spacial score (nSPS) is 25.3. The Morgan fingerprint density at radius 2 is 1.96 bits per heavy atom. The number of nitrogen functional groups attached to an aromatic ring is 1. The highest BCUT2D eigenvalue weighted by molar-refractivity contribution is 5.91. The second kappa shape index (κ2) is 6.28. The summed E-state index contributed by atoms with van der Waals surface area (Å²) in [6, 6.07) is 3.01. The minimum absolute atomic E-state index is 0.0501. The van der Waals surface area contributed by atoms with Crippen molar-refractivity contribution in [3.8, 4) is 0 Å². The van der Waals surface area contributed by atoms with Gasteiger partial charge in [0.1, 0.15) is 11.4 Å². The van der Waals surface area contributed by atoms with E-state index >= 15 is 8.78 Å². The zero-order chi connectivity index (χ0) is 21.0. The summed E-state index contributed by atoms with van der Waals surface area (Å²) in [5, 5.41) is 2.28. The van der Waals surface area contributed by atoms with Crippen molar-refractivity contribution in [2.75, 3.05) is 5.73 Å². The van der Waals surface area contributed by atoms with Gasteiger partial charge >= 0.3 is 12.0 Å². The molecule has 6 nitrogen and oxygen atoms in total. The number of nitrogens with zero attached hydrogens (tertiary/aromatic N) is 1. The Morgan fingerprint density at radius 1 is 1.32 bits per heavy atom. The molecule has 0 saturated heterocycles. The number of amides is 1. The molecule has 1 spiro atoms. The molecule has 28 heavy (non-hydrogen) atoms. The lowest BCUT2D eigenvalue weighted by Crippen LogP contribution is -2.68. The predicted octanol–water partition coefficient (Wildman–Crippen LogP) is 4.09. The summed E-state index contributed by atoms with van der Waals surface area (Å²) >= 11 is 0. The lowest BCUT2D eigenvalue weighted by Gasteiger charge is -2.54. The summed E-state index contributed by atoms with van der Waals surface area (Å²) in [5.41, 5.74) is 0.446. The summed E-state index contributed by atoms with van der Waals surface area (Å²) < 4.78 is 56.2. The molecule has 1 aromatic carbocycles. The maximum atomic E-state index is 15.5. The molecule has 1 atom stereocenters. The molecular formula is C19H24F3N3O3. The predicted molar refractivity (Wildman–Crippen MR) is 97.6 cm³/mol. The zero-order valence-corrected chi connectivity index (χ0v) is 16.2. The van der Waals surface area contributed by atoms with E-state index < -0.39 is 40.6 Å². The first-order valence-electron chi connectivity index (χ1n) is 9.02. The topological polar surface area (TPSA) is 85.9 Å². The first-order chi connectivity index (χ1) is 12.8. The number of aliphatic imine (C=N–C) groups is 1. The summed E-state index contributed by atoms with van der Waals surface area (Å²) in [4.78, 5) is 16.0. The van der Waals surface area contributed by atoms with Gasteiger partial charge in [0, 0.05) is 11.3 Å². The monoisotopic (exact) mass is 399 g/mol. The van der Waals surface area contributed by atoms with E-state index in [-0.39, 0.29) is 24.1 Å². The second-order valence-corrected chi connectivity index (χ2v) is 8.38. The Morgan fingerprint density at radius 3 is 2.50 bits per heavy atom. The number of benzene rings is 1. The van der Waals surface area contributed by atoms with Gasteiger partial charge in [-0.1, -0.05) is 0 Å². The van der Waals surface area contributed by atoms with E-state index in [1.54, 1.807) is 20.8 Å². The van der Waals surface area contributed by atoms with Crippen LogP contribution >= 0.6 is 0 Å². The molecule has 3 N–H and O–H groups in total. The Labute approximate surface area is 161 Å². The third kappa shape index (κ3) is 3.16. The van der Waals surface area contributed by atoms with E-state index in [0.717, 1.165) is 19.1 Å². The van der Waals surface area contributed by atoms with Gasteiger partial charge in [0.15, 0.2) is 11.1 Å². The van der Waals surface area contributed by atoms with Crippen molar-refractivity contribution >= 4 is 17.8 Å². The number of hydrogen-bond acceptors (Lipinski definition) is 5. The maximum Gasteiger partial charge on any atom is 0.415 e. The van der Waals surface area contributed by atoms with Crippen molar-refractivity contribution < 1.29 is 27.4 Å². The smallest absolute Gasteiger partial charge is 0.415 e. The van der Waals surface area contributed by atoms with Crippen LogP contribution in [0.1, 0.15) is 52.5 Å². The number of carbonyl (C=O) groups is 1. The fraction of sp³-hybridized carbons (Fsp3) is 0.579. The molecule has 1 heterocycles. The zero-order valence-electron chi connectivity index (χ0n) is 16.2. The number of rotatable bonds is 1. The maximum absolute atomic E-state index is 15.5. The minimum Gasteiger partial charge on any atom is -0.452 e. The summed E-state index contributed by atoms with van der Waals surface area (Å²) in [5.74, 6) is -4.40. The van der Waals surface area contributed by atoms with Gasteiger partial charge in [0.25, 0.3) is 6.02 Å². The number of hydrogen-bond donors (Lipinski definition) is 2. The van der Waals surface area contributed by atoms with Crippen molar-refractivity contribution in [3.63, 3.8) is 0 Å². The van der Waals surface area contributed by atoms with Gasteiger partial charge in [-0.25, -0.2) is 19.5 Å². The Balaban J connectivity index is 2.07. The number of halogens is 3. The number of alkyl carbamates (subject to hydrolysis) is 1. The van der Waals surface area contributed by atoms with Crippen LogP contribution in [0.5, 0.6) is 0 Å². The fourth-order valence-electron chi connectivity index (χ4n) is 3.49. The summed E-state index contributed by atoms with van der Waals surface area (Å²) in [6.07, 6.45) is -0.283. The van der Waals surface area contributed by atoms with Crippen molar-refractivity contribution in [1.82, 2.24) is 5.32 Å². The van der Waals surface area contributed by atoms with E-state index in [1.807, 2.05) is 0 Å². The molecule has 0 aromatic heterocycles. The molecule has 1 saturated carbocycles. The number of nitrogens with one attached hydrogen (secondary N) is 1. The van der Waals surface area contributed by atoms with Gasteiger partial charge in [-0.3, -0.25) is 0 Å². The standard InChI is InChI=1S/C19H24F3N3O3/c1-16(2,3)28-15(26)24-14-25-17(4,12-10-11(23)6-7-13(12)20)19(21,22)18(27-14)8-5-9-18/h6-7,10H,5,8-9,23H2,1-4H3,(H,24,25,26)/t17-/m1/s1. The van der Waals surface area contributed by atoms with Crippen LogP contribution in [0.25, 0.3) is 0 Å². The molecule has 1 aliphatic heterocycles. The van der Waals surface area contributed by atoms with E-state index in [1.165, 1.54) is 6.07 Å². The molecule has 0 unspecified atom stereocenters. The van der Waals surface area contributed by atoms with E-state index in [4.69, 9.17) is 15.2 Å². The Hall–Kier alpha value is -2.45. The number of amidine groups is 1. The van der Waals surface area contributed by atoms with Gasteiger partial charge in [0.05, 0.1) is 0 Å². The lowest BCUT2D eigenvalue weighted by molar-refractivity contribution is -0.253. The average Bonchev–Trinajstić information content (AvgIpc) is 2.49. The van der Waals surface area contributed by atoms with Gasteiger partial charge in [-0.2, -0.15) is 8.78 Å². The lowest BCUT2D eigenvalue weighted by atomic mass is 9.66. The molecular weight excluding hydrogens is 375 g/mol. The van der Waals surface area contributed by atoms with Crippen LogP contribution in [0.3, 0.4) is 0 Å². The third-order valence-electron chi connectivity index (χ3n) is 5.08. The number of alkyl halides is 2. The number of nitrogens with two attached hydrogens (primary N) is 1. The van der Waals surface area contributed by atoms with Crippen LogP contribution in [-0.2, 0) is 15.0 Å². The Kier molecular flexibility index (Phi) is 4.55. The Bertz CT molecular complexity index is 831. The van der Waals surface area contributed by atoms with E-state index in [2.05, 4.69) is 10.3 Å². The van der Waals surface area contributed by atoms with Crippen molar-refractivity contribution in [2.45, 2.75) is 69.6 Å². The van der Waals surface area contributed by atoms with Crippen LogP contribution in [0.15, 0.2) is 23.2 Å². The minimum atomic E-state index is -3.54. The highest BCUT2D eigenvalue weighted by atomic mass is 19.3. The third-order valence-corrected chi connectivity index (χ3v) is 5.08. The van der Waals surface area contributed by atoms with E-state index in [0.29, 0.717) is 6.42 Å². The summed E-state index contributed by atoms with van der Waals surface area (Å²) in [7, 11) is 0. The van der Waals surface area contributed by atoms with Crippen LogP contribution in [-0.4, -0.2) is 29.2 Å². The summed E-state index contributed by atoms with van der Waals surface area (Å²) in [6.45, 7) is 6.09. The first-order valence-corrected chi connectivity index (χ1v) is 9.02. The average molecular weight is 399 g/mol. The number of ether oxygens (including phenoxy) is 2. The molecule has 9 heteroatoms. The number of anilines is 1. The van der Waals surface area contributed by atoms with Gasteiger partial charge in [0.2, 0.25) is 0 Å². The van der Waals surface area contributed by atoms with E-state index in [9.17, 15) is 9.18 Å². The fourth-order valence-corrected chi connectivity index (χ4v) is 3.49. The second-order valence-electron chi connectivity index (χ2n) is 8.38. The molecule has 1 aliphatic carbocycles. The van der Waals surface area contributed by atoms with Crippen LogP contribution in [0, 0.1) is 5.82 Å². The first kappa shape index (κ1) is 20.3. The van der Waals surface area contributed by atoms with Gasteiger partial charge in [-0.15, -0.1) is 0 Å². The quantitative estimate of drug-likeness (QED) is 0.697. The molecule has 1 aromatic rings. The molecule has 0 bridgehead atoms. The van der Waals surface area contributed by atoms with Gasteiger partial charge in [-0.05, 0) is 65.2 Å². The highest BCUT2D eigenvalue weighted by Crippen LogP contribution is 2.58. The van der Waals surface area contributed by atoms with Crippen LogP contribution in [0.4, 0.5) is 23.7 Å². The van der Waals surface area contributed by atoms with Gasteiger partial charge < -0.3 is 15.2 Å². The van der Waals surface area contributed by atoms with Crippen LogP contribution in [0.2, 0.25) is 0 Å². The number of carbonyl (C=O) groups excluding carboxylic acids is 1. The SMILES string of the molecule is CC(C)(C)OC(=O)NC1=N[C@](C)(c2cc(N)ccc2F)C(F)(F)C2(CCC2)O1. The van der Waals surface area contributed by atoms with Crippen molar-refractivity contribution in [1.29, 1.82) is 0 Å².